The van der Waals surface area contributed by atoms with Gasteiger partial charge in [-0.2, -0.15) is 0 Å². The van der Waals surface area contributed by atoms with E-state index in [1.54, 1.807) is 48.5 Å². The average Bonchev–Trinajstić information content (AvgIpc) is 2.95. The highest BCUT2D eigenvalue weighted by atomic mass is 35.5. The number of carbonyl (C=O) groups is 2. The Morgan fingerprint density at radius 2 is 1.54 bits per heavy atom. The number of nitrogens with zero attached hydrogens (tertiary/aromatic N) is 2. The van der Waals surface area contributed by atoms with E-state index in [-0.39, 0.29) is 17.3 Å². The molecule has 1 unspecified atom stereocenters. The Labute approximate surface area is 253 Å². The lowest BCUT2D eigenvalue weighted by Gasteiger charge is -2.34. The van der Waals surface area contributed by atoms with Crippen molar-refractivity contribution < 1.29 is 18.0 Å². The maximum Gasteiger partial charge on any atom is 0.264 e. The number of amides is 2. The molecule has 0 heterocycles. The Balaban J connectivity index is 2.11. The number of sulfonamides is 1. The minimum atomic E-state index is -4.15. The van der Waals surface area contributed by atoms with Gasteiger partial charge in [-0.1, -0.05) is 79.9 Å². The number of halogens is 2. The predicted octanol–water partition coefficient (Wildman–Crippen LogP) is 6.53. The van der Waals surface area contributed by atoms with Gasteiger partial charge in [-0.3, -0.25) is 13.9 Å². The lowest BCUT2D eigenvalue weighted by atomic mass is 10.1. The van der Waals surface area contributed by atoms with Gasteiger partial charge in [-0.25, -0.2) is 8.42 Å². The van der Waals surface area contributed by atoms with Gasteiger partial charge < -0.3 is 10.2 Å². The molecular formula is C31H37Cl2N3O4S. The van der Waals surface area contributed by atoms with Crippen LogP contribution in [0.1, 0.15) is 49.8 Å². The highest BCUT2D eigenvalue weighted by Crippen LogP contribution is 2.30. The van der Waals surface area contributed by atoms with Gasteiger partial charge in [0.25, 0.3) is 10.0 Å². The SMILES string of the molecule is CCCCNC(=O)C(CC)N(Cc1c(Cl)cccc1Cl)C(=O)CN(c1cccc(C)c1C)S(=O)(=O)c1ccccc1. The molecule has 0 saturated heterocycles. The predicted molar refractivity (Wildman–Crippen MR) is 166 cm³/mol. The van der Waals surface area contributed by atoms with Gasteiger partial charge in [0, 0.05) is 28.7 Å². The van der Waals surface area contributed by atoms with Crippen molar-refractivity contribution in [3.63, 3.8) is 0 Å². The number of aryl methyl sites for hydroxylation is 1. The first-order valence-corrected chi connectivity index (χ1v) is 15.9. The second kappa shape index (κ2) is 14.7. The molecule has 0 aliphatic heterocycles. The first-order chi connectivity index (χ1) is 19.5. The minimum Gasteiger partial charge on any atom is -0.354 e. The van der Waals surface area contributed by atoms with Crippen molar-refractivity contribution in [2.24, 2.45) is 0 Å². The Morgan fingerprint density at radius 3 is 2.15 bits per heavy atom. The number of hydrogen-bond acceptors (Lipinski definition) is 4. The number of nitrogens with one attached hydrogen (secondary N) is 1. The van der Waals surface area contributed by atoms with E-state index in [2.05, 4.69) is 5.32 Å². The summed E-state index contributed by atoms with van der Waals surface area (Å²) in [5.41, 5.74) is 2.47. The van der Waals surface area contributed by atoms with E-state index in [1.807, 2.05) is 33.8 Å². The normalized spacial score (nSPS) is 12.0. The smallest absolute Gasteiger partial charge is 0.264 e. The van der Waals surface area contributed by atoms with Crippen LogP contribution in [0.2, 0.25) is 10.0 Å². The molecule has 0 aliphatic rings. The fraction of sp³-hybridized carbons (Fsp3) is 0.355. The topological polar surface area (TPSA) is 86.8 Å². The third-order valence-corrected chi connectivity index (χ3v) is 9.54. The van der Waals surface area contributed by atoms with Crippen LogP contribution in [0.25, 0.3) is 0 Å². The molecule has 3 rings (SSSR count). The van der Waals surface area contributed by atoms with Crippen LogP contribution in [0.15, 0.2) is 71.6 Å². The summed E-state index contributed by atoms with van der Waals surface area (Å²) in [6.07, 6.45) is 2.00. The molecule has 0 saturated carbocycles. The summed E-state index contributed by atoms with van der Waals surface area (Å²) < 4.78 is 29.1. The first kappa shape index (κ1) is 32.4. The molecular weight excluding hydrogens is 581 g/mol. The van der Waals surface area contributed by atoms with Crippen molar-refractivity contribution in [1.29, 1.82) is 0 Å². The Hall–Kier alpha value is -3.07. The molecule has 0 radical (unpaired) electrons. The third-order valence-electron chi connectivity index (χ3n) is 7.06. The molecule has 1 N–H and O–H groups in total. The van der Waals surface area contributed by atoms with Crippen LogP contribution in [-0.4, -0.2) is 44.3 Å². The largest absolute Gasteiger partial charge is 0.354 e. The van der Waals surface area contributed by atoms with Crippen LogP contribution in [-0.2, 0) is 26.2 Å². The highest BCUT2D eigenvalue weighted by Gasteiger charge is 2.34. The first-order valence-electron chi connectivity index (χ1n) is 13.7. The van der Waals surface area contributed by atoms with Gasteiger partial charge in [-0.15, -0.1) is 0 Å². The average molecular weight is 619 g/mol. The van der Waals surface area contributed by atoms with Crippen LogP contribution in [0.3, 0.4) is 0 Å². The fourth-order valence-electron chi connectivity index (χ4n) is 4.52. The summed E-state index contributed by atoms with van der Waals surface area (Å²) in [6, 6.07) is 17.5. The summed E-state index contributed by atoms with van der Waals surface area (Å²) in [5, 5.41) is 3.61. The summed E-state index contributed by atoms with van der Waals surface area (Å²) in [4.78, 5) is 29.0. The van der Waals surface area contributed by atoms with E-state index < -0.39 is 28.5 Å². The van der Waals surface area contributed by atoms with Gasteiger partial charge in [0.2, 0.25) is 11.8 Å². The molecule has 0 bridgehead atoms. The Kier molecular flexibility index (Phi) is 11.6. The van der Waals surface area contributed by atoms with Crippen LogP contribution in [0, 0.1) is 13.8 Å². The van der Waals surface area contributed by atoms with Crippen LogP contribution in [0.4, 0.5) is 5.69 Å². The summed E-state index contributed by atoms with van der Waals surface area (Å²) in [5.74, 6) is -0.874. The molecule has 7 nitrogen and oxygen atoms in total. The molecule has 2 amide bonds. The van der Waals surface area contributed by atoms with Crippen molar-refractivity contribution in [1.82, 2.24) is 10.2 Å². The van der Waals surface area contributed by atoms with Crippen molar-refractivity contribution in [3.8, 4) is 0 Å². The van der Waals surface area contributed by atoms with Crippen molar-refractivity contribution in [2.45, 2.75) is 64.4 Å². The standard InChI is InChI=1S/C31H37Cl2N3O4S/c1-5-7-19-34-31(38)28(6-2)35(20-25-26(32)16-12-17-27(25)33)30(37)21-36(29-18-11-13-22(3)23(29)4)41(39,40)24-14-9-8-10-15-24/h8-18,28H,5-7,19-21H2,1-4H3,(H,34,38). The molecule has 0 spiro atoms. The Bertz CT molecular complexity index is 1450. The van der Waals surface area contributed by atoms with Crippen molar-refractivity contribution in [3.05, 3.63) is 93.5 Å². The van der Waals surface area contributed by atoms with Gasteiger partial charge in [0.1, 0.15) is 12.6 Å². The van der Waals surface area contributed by atoms with E-state index in [1.165, 1.54) is 17.0 Å². The van der Waals surface area contributed by atoms with E-state index >= 15 is 0 Å². The van der Waals surface area contributed by atoms with Gasteiger partial charge in [0.15, 0.2) is 0 Å². The zero-order valence-corrected chi connectivity index (χ0v) is 26.2. The lowest BCUT2D eigenvalue weighted by Crippen LogP contribution is -2.52. The molecule has 3 aromatic rings. The maximum atomic E-state index is 14.2. The van der Waals surface area contributed by atoms with Crippen LogP contribution in [0.5, 0.6) is 0 Å². The number of hydrogen-bond donors (Lipinski definition) is 1. The summed E-state index contributed by atoms with van der Waals surface area (Å²) >= 11 is 12.9. The molecule has 0 aromatic heterocycles. The molecule has 220 valence electrons. The molecule has 1 atom stereocenters. The third kappa shape index (κ3) is 7.82. The molecule has 0 aliphatic carbocycles. The zero-order valence-electron chi connectivity index (χ0n) is 23.9. The molecule has 10 heteroatoms. The van der Waals surface area contributed by atoms with E-state index in [0.717, 1.165) is 28.3 Å². The second-order valence-corrected chi connectivity index (χ2v) is 12.5. The number of unbranched alkanes of at least 4 members (excludes halogenated alkanes) is 1. The summed E-state index contributed by atoms with van der Waals surface area (Å²) in [6.45, 7) is 7.41. The van der Waals surface area contributed by atoms with Gasteiger partial charge >= 0.3 is 0 Å². The quantitative estimate of drug-likeness (QED) is 0.221. The van der Waals surface area contributed by atoms with E-state index in [0.29, 0.717) is 34.3 Å². The molecule has 0 fully saturated rings. The number of anilines is 1. The number of rotatable bonds is 13. The number of benzene rings is 3. The van der Waals surface area contributed by atoms with Crippen molar-refractivity contribution >= 4 is 50.7 Å². The zero-order chi connectivity index (χ0) is 30.2. The Morgan fingerprint density at radius 1 is 0.902 bits per heavy atom. The van der Waals surface area contributed by atoms with Crippen LogP contribution < -0.4 is 9.62 Å². The van der Waals surface area contributed by atoms with E-state index in [4.69, 9.17) is 23.2 Å². The second-order valence-electron chi connectivity index (χ2n) is 9.83. The fourth-order valence-corrected chi connectivity index (χ4v) is 6.53. The summed E-state index contributed by atoms with van der Waals surface area (Å²) in [7, 11) is -4.15. The van der Waals surface area contributed by atoms with Crippen LogP contribution >= 0.6 is 23.2 Å². The molecule has 41 heavy (non-hydrogen) atoms. The monoisotopic (exact) mass is 617 g/mol. The number of carbonyl (C=O) groups excluding carboxylic acids is 2. The van der Waals surface area contributed by atoms with Crippen molar-refractivity contribution in [2.75, 3.05) is 17.4 Å². The minimum absolute atomic E-state index is 0.0544. The maximum absolute atomic E-state index is 14.2. The highest BCUT2D eigenvalue weighted by molar-refractivity contribution is 7.92. The van der Waals surface area contributed by atoms with Gasteiger partial charge in [-0.05, 0) is 68.1 Å². The molecule has 3 aromatic carbocycles. The lowest BCUT2D eigenvalue weighted by molar-refractivity contribution is -0.140. The van der Waals surface area contributed by atoms with E-state index in [9.17, 15) is 18.0 Å². The van der Waals surface area contributed by atoms with Gasteiger partial charge in [0.05, 0.1) is 10.6 Å².